The van der Waals surface area contributed by atoms with Crippen LogP contribution in [0.15, 0.2) is 82.7 Å². The van der Waals surface area contributed by atoms with Gasteiger partial charge >= 0.3 is 0 Å². The van der Waals surface area contributed by atoms with Gasteiger partial charge in [-0.05, 0) is 43.2 Å². The number of para-hydroxylation sites is 1. The van der Waals surface area contributed by atoms with Gasteiger partial charge in [0, 0.05) is 22.9 Å². The van der Waals surface area contributed by atoms with E-state index < -0.39 is 11.6 Å². The van der Waals surface area contributed by atoms with Crippen molar-refractivity contribution in [2.75, 3.05) is 6.54 Å². The molecule has 0 saturated heterocycles. The summed E-state index contributed by atoms with van der Waals surface area (Å²) < 4.78 is 27.3. The van der Waals surface area contributed by atoms with Gasteiger partial charge in [-0.2, -0.15) is 0 Å². The molecule has 0 atom stereocenters. The molecule has 156 valence electrons. The highest BCUT2D eigenvalue weighted by molar-refractivity contribution is 7.99. The quantitative estimate of drug-likeness (QED) is 0.408. The number of hydrogen-bond donors (Lipinski definition) is 1. The lowest BCUT2D eigenvalue weighted by Crippen LogP contribution is -2.26. The number of amides is 1. The number of rotatable bonds is 6. The topological polar surface area (TPSA) is 42.0 Å². The molecule has 1 aromatic heterocycles. The maximum absolute atomic E-state index is 14.1. The Kier molecular flexibility index (Phi) is 6.28. The van der Waals surface area contributed by atoms with Gasteiger partial charge in [0.1, 0.15) is 16.7 Å². The zero-order valence-electron chi connectivity index (χ0n) is 16.9. The van der Waals surface area contributed by atoms with Gasteiger partial charge in [-0.3, -0.25) is 4.79 Å². The predicted molar refractivity (Wildman–Crippen MR) is 119 cm³/mol. The van der Waals surface area contributed by atoms with Crippen molar-refractivity contribution in [3.05, 3.63) is 101 Å². The Hall–Kier alpha value is -3.25. The van der Waals surface area contributed by atoms with Crippen molar-refractivity contribution in [3.63, 3.8) is 0 Å². The van der Waals surface area contributed by atoms with Gasteiger partial charge in [-0.15, -0.1) is 0 Å². The number of hydrogen-bond acceptors (Lipinski definition) is 3. The van der Waals surface area contributed by atoms with E-state index in [1.54, 1.807) is 6.07 Å². The number of benzene rings is 3. The van der Waals surface area contributed by atoms with Crippen molar-refractivity contribution in [1.29, 1.82) is 0 Å². The van der Waals surface area contributed by atoms with E-state index in [4.69, 9.17) is 0 Å². The van der Waals surface area contributed by atoms with Crippen LogP contribution >= 0.6 is 11.8 Å². The molecule has 6 heteroatoms. The highest BCUT2D eigenvalue weighted by Gasteiger charge is 2.15. The molecule has 31 heavy (non-hydrogen) atoms. The number of pyridine rings is 1. The Labute approximate surface area is 183 Å². The van der Waals surface area contributed by atoms with E-state index in [2.05, 4.69) is 22.4 Å². The van der Waals surface area contributed by atoms with E-state index >= 15 is 0 Å². The first-order valence-electron chi connectivity index (χ1n) is 9.86. The molecular weight excluding hydrogens is 414 g/mol. The molecule has 0 radical (unpaired) electrons. The fraction of sp³-hybridized carbons (Fsp3) is 0.120. The molecule has 0 aliphatic carbocycles. The van der Waals surface area contributed by atoms with Crippen molar-refractivity contribution in [1.82, 2.24) is 10.3 Å². The third-order valence-corrected chi connectivity index (χ3v) is 5.83. The SMILES string of the molecule is Cc1ccc(CCNC(=O)c2cc(Sc3ccc(F)cc3F)nc3ccccc23)cc1. The van der Waals surface area contributed by atoms with Gasteiger partial charge in [0.25, 0.3) is 5.91 Å². The first-order valence-corrected chi connectivity index (χ1v) is 10.7. The summed E-state index contributed by atoms with van der Waals surface area (Å²) in [7, 11) is 0. The fourth-order valence-corrected chi connectivity index (χ4v) is 4.07. The third-order valence-electron chi connectivity index (χ3n) is 4.87. The Balaban J connectivity index is 1.56. The van der Waals surface area contributed by atoms with Crippen molar-refractivity contribution < 1.29 is 13.6 Å². The maximum atomic E-state index is 14.1. The number of nitrogens with one attached hydrogen (secondary N) is 1. The molecule has 1 heterocycles. The number of carbonyl (C=O) groups is 1. The first-order chi connectivity index (χ1) is 15.0. The average Bonchev–Trinajstić information content (AvgIpc) is 2.76. The Morgan fingerprint density at radius 1 is 1.00 bits per heavy atom. The van der Waals surface area contributed by atoms with Crippen molar-refractivity contribution in [2.45, 2.75) is 23.3 Å². The van der Waals surface area contributed by atoms with Gasteiger partial charge in [0.2, 0.25) is 0 Å². The molecule has 0 unspecified atom stereocenters. The minimum absolute atomic E-state index is 0.216. The van der Waals surface area contributed by atoms with Crippen LogP contribution in [0.4, 0.5) is 8.78 Å². The summed E-state index contributed by atoms with van der Waals surface area (Å²) in [5, 5.41) is 4.15. The van der Waals surface area contributed by atoms with Crippen LogP contribution in [0.25, 0.3) is 10.9 Å². The van der Waals surface area contributed by atoms with E-state index in [0.29, 0.717) is 22.7 Å². The molecular formula is C25H20F2N2OS. The predicted octanol–water partition coefficient (Wildman–Crippen LogP) is 5.95. The normalized spacial score (nSPS) is 10.9. The first kappa shape index (κ1) is 21.0. The minimum atomic E-state index is -0.663. The monoisotopic (exact) mass is 434 g/mol. The van der Waals surface area contributed by atoms with E-state index in [-0.39, 0.29) is 10.8 Å². The summed E-state index contributed by atoms with van der Waals surface area (Å²) >= 11 is 1.06. The van der Waals surface area contributed by atoms with Crippen LogP contribution in [-0.2, 0) is 6.42 Å². The van der Waals surface area contributed by atoms with Crippen molar-refractivity contribution >= 4 is 28.6 Å². The lowest BCUT2D eigenvalue weighted by Gasteiger charge is -2.11. The van der Waals surface area contributed by atoms with Crippen molar-refractivity contribution in [2.24, 2.45) is 0 Å². The number of halogens is 2. The largest absolute Gasteiger partial charge is 0.352 e. The second kappa shape index (κ2) is 9.27. The van der Waals surface area contributed by atoms with E-state index in [0.717, 1.165) is 35.2 Å². The summed E-state index contributed by atoms with van der Waals surface area (Å²) in [6, 6.07) is 20.6. The van der Waals surface area contributed by atoms with Crippen LogP contribution in [0.1, 0.15) is 21.5 Å². The minimum Gasteiger partial charge on any atom is -0.352 e. The van der Waals surface area contributed by atoms with Gasteiger partial charge in [-0.25, -0.2) is 13.8 Å². The van der Waals surface area contributed by atoms with Gasteiger partial charge in [0.15, 0.2) is 0 Å². The molecule has 0 bridgehead atoms. The summed E-state index contributed by atoms with van der Waals surface area (Å²) in [5.74, 6) is -1.52. The molecule has 0 fully saturated rings. The van der Waals surface area contributed by atoms with E-state index in [9.17, 15) is 13.6 Å². The summed E-state index contributed by atoms with van der Waals surface area (Å²) in [6.45, 7) is 2.53. The molecule has 0 aliphatic heterocycles. The standard InChI is InChI=1S/C25H20F2N2OS/c1-16-6-8-17(9-7-16)12-13-28-25(30)20-15-24(29-22-5-3-2-4-19(20)22)31-23-11-10-18(26)14-21(23)27/h2-11,14-15H,12-13H2,1H3,(H,28,30). The fourth-order valence-electron chi connectivity index (χ4n) is 3.23. The Morgan fingerprint density at radius 3 is 2.55 bits per heavy atom. The third kappa shape index (κ3) is 5.09. The van der Waals surface area contributed by atoms with Gasteiger partial charge in [0.05, 0.1) is 11.1 Å². The van der Waals surface area contributed by atoms with Crippen LogP contribution < -0.4 is 5.32 Å². The number of aromatic nitrogens is 1. The molecule has 0 spiro atoms. The highest BCUT2D eigenvalue weighted by atomic mass is 32.2. The van der Waals surface area contributed by atoms with Crippen LogP contribution in [-0.4, -0.2) is 17.4 Å². The second-order valence-corrected chi connectivity index (χ2v) is 8.26. The lowest BCUT2D eigenvalue weighted by molar-refractivity contribution is 0.0955. The molecule has 1 amide bonds. The van der Waals surface area contributed by atoms with E-state index in [1.807, 2.05) is 43.3 Å². The van der Waals surface area contributed by atoms with Crippen molar-refractivity contribution in [3.8, 4) is 0 Å². The molecule has 0 saturated carbocycles. The van der Waals surface area contributed by atoms with E-state index in [1.165, 1.54) is 17.7 Å². The Bertz CT molecular complexity index is 1240. The maximum Gasteiger partial charge on any atom is 0.252 e. The second-order valence-electron chi connectivity index (χ2n) is 7.19. The number of fused-ring (bicyclic) bond motifs is 1. The molecule has 1 N–H and O–H groups in total. The molecule has 3 nitrogen and oxygen atoms in total. The zero-order valence-corrected chi connectivity index (χ0v) is 17.7. The smallest absolute Gasteiger partial charge is 0.252 e. The highest BCUT2D eigenvalue weighted by Crippen LogP contribution is 2.31. The number of aryl methyl sites for hydroxylation is 1. The zero-order chi connectivity index (χ0) is 21.8. The number of nitrogens with zero attached hydrogens (tertiary/aromatic N) is 1. The lowest BCUT2D eigenvalue weighted by atomic mass is 10.1. The van der Waals surface area contributed by atoms with Crippen LogP contribution in [0.2, 0.25) is 0 Å². The van der Waals surface area contributed by atoms with Crippen LogP contribution in [0.5, 0.6) is 0 Å². The van der Waals surface area contributed by atoms with Crippen LogP contribution in [0.3, 0.4) is 0 Å². The molecule has 3 aromatic carbocycles. The molecule has 4 rings (SSSR count). The van der Waals surface area contributed by atoms with Gasteiger partial charge < -0.3 is 5.32 Å². The molecule has 4 aromatic rings. The summed E-state index contributed by atoms with van der Waals surface area (Å²) in [5.41, 5.74) is 3.45. The average molecular weight is 435 g/mol. The van der Waals surface area contributed by atoms with Crippen LogP contribution in [0, 0.1) is 18.6 Å². The molecule has 0 aliphatic rings. The Morgan fingerprint density at radius 2 is 1.77 bits per heavy atom. The summed E-state index contributed by atoms with van der Waals surface area (Å²) in [6.07, 6.45) is 0.720. The summed E-state index contributed by atoms with van der Waals surface area (Å²) in [4.78, 5) is 17.7. The van der Waals surface area contributed by atoms with Gasteiger partial charge in [-0.1, -0.05) is 59.8 Å². The number of carbonyl (C=O) groups excluding carboxylic acids is 1.